The summed E-state index contributed by atoms with van der Waals surface area (Å²) in [4.78, 5) is 27.1. The zero-order valence-corrected chi connectivity index (χ0v) is 11.6. The first kappa shape index (κ1) is 14.2. The molecule has 1 aromatic carbocycles. The van der Waals surface area contributed by atoms with Crippen LogP contribution in [0.25, 0.3) is 0 Å². The maximum Gasteiger partial charge on any atom is 0.308 e. The highest BCUT2D eigenvalue weighted by Crippen LogP contribution is 2.22. The Bertz CT molecular complexity index is 655. The Morgan fingerprint density at radius 1 is 1.25 bits per heavy atom. The molecule has 0 radical (unpaired) electrons. The van der Waals surface area contributed by atoms with E-state index in [0.29, 0.717) is 21.9 Å². The number of rotatable bonds is 4. The fourth-order valence-corrected chi connectivity index (χ4v) is 1.97. The molecular weight excluding hydrogens is 278 g/mol. The molecule has 0 N–H and O–H groups in total. The zero-order chi connectivity index (χ0) is 14.5. The summed E-state index contributed by atoms with van der Waals surface area (Å²) < 4.78 is 5.07. The third-order valence-corrected chi connectivity index (χ3v) is 2.98. The monoisotopic (exact) mass is 289 g/mol. The number of carbonyl (C=O) groups excluding carboxylic acids is 2. The Hall–Kier alpha value is -2.20. The molecule has 0 unspecified atom stereocenters. The minimum Gasteiger partial charge on any atom is -0.426 e. The summed E-state index contributed by atoms with van der Waals surface area (Å²) in [7, 11) is 0. The number of benzene rings is 1. The molecule has 0 aliphatic heterocycles. The Balaban J connectivity index is 2.24. The van der Waals surface area contributed by atoms with Crippen molar-refractivity contribution < 1.29 is 14.3 Å². The number of hydrogen-bond acceptors (Lipinski definition) is 4. The van der Waals surface area contributed by atoms with Crippen LogP contribution in [0.5, 0.6) is 5.75 Å². The summed E-state index contributed by atoms with van der Waals surface area (Å²) in [5.74, 6) is -0.222. The van der Waals surface area contributed by atoms with Crippen molar-refractivity contribution in [2.45, 2.75) is 13.3 Å². The molecule has 4 nitrogen and oxygen atoms in total. The van der Waals surface area contributed by atoms with E-state index in [1.807, 2.05) is 0 Å². The molecule has 1 aromatic heterocycles. The van der Waals surface area contributed by atoms with E-state index in [-0.39, 0.29) is 12.2 Å². The van der Waals surface area contributed by atoms with Gasteiger partial charge in [0.25, 0.3) is 0 Å². The molecule has 0 saturated carbocycles. The largest absolute Gasteiger partial charge is 0.426 e. The number of ether oxygens (including phenoxy) is 1. The lowest BCUT2D eigenvalue weighted by molar-refractivity contribution is -0.131. The van der Waals surface area contributed by atoms with Crippen LogP contribution in [0.3, 0.4) is 0 Å². The molecule has 0 saturated heterocycles. The quantitative estimate of drug-likeness (QED) is 0.493. The highest BCUT2D eigenvalue weighted by atomic mass is 35.5. The third-order valence-electron chi connectivity index (χ3n) is 2.65. The van der Waals surface area contributed by atoms with Crippen LogP contribution in [0, 0.1) is 0 Å². The van der Waals surface area contributed by atoms with E-state index >= 15 is 0 Å². The van der Waals surface area contributed by atoms with E-state index < -0.39 is 5.97 Å². The van der Waals surface area contributed by atoms with Crippen LogP contribution in [0.1, 0.15) is 22.8 Å². The van der Waals surface area contributed by atoms with Crippen molar-refractivity contribution in [3.8, 4) is 5.75 Å². The Kier molecular flexibility index (Phi) is 4.48. The highest BCUT2D eigenvalue weighted by Gasteiger charge is 2.14. The van der Waals surface area contributed by atoms with E-state index in [0.717, 1.165) is 0 Å². The first-order valence-corrected chi connectivity index (χ1v) is 6.34. The van der Waals surface area contributed by atoms with Gasteiger partial charge in [-0.15, -0.1) is 0 Å². The number of ketones is 1. The summed E-state index contributed by atoms with van der Waals surface area (Å²) in [6.45, 7) is 1.32. The van der Waals surface area contributed by atoms with Crippen LogP contribution in [0.2, 0.25) is 5.02 Å². The van der Waals surface area contributed by atoms with Gasteiger partial charge < -0.3 is 4.74 Å². The Morgan fingerprint density at radius 2 is 2.00 bits per heavy atom. The molecule has 0 fully saturated rings. The maximum atomic E-state index is 12.2. The molecule has 0 aliphatic carbocycles. The standard InChI is InChI=1S/C15H12ClNO3/c1-10(18)20-15-5-3-2-4-11(15)8-14(19)12-9-17-7-6-13(12)16/h2-7,9H,8H2,1H3. The smallest absolute Gasteiger partial charge is 0.308 e. The van der Waals surface area contributed by atoms with Crippen molar-refractivity contribution >= 4 is 23.4 Å². The second-order valence-corrected chi connectivity index (χ2v) is 4.56. The summed E-state index contributed by atoms with van der Waals surface area (Å²) in [6, 6.07) is 8.46. The number of halogens is 1. The van der Waals surface area contributed by atoms with E-state index in [1.54, 1.807) is 30.3 Å². The number of carbonyl (C=O) groups is 2. The Labute approximate surface area is 121 Å². The van der Waals surface area contributed by atoms with Crippen molar-refractivity contribution in [2.24, 2.45) is 0 Å². The van der Waals surface area contributed by atoms with Crippen molar-refractivity contribution in [3.63, 3.8) is 0 Å². The minimum absolute atomic E-state index is 0.0921. The second-order valence-electron chi connectivity index (χ2n) is 4.16. The number of nitrogens with zero attached hydrogens (tertiary/aromatic N) is 1. The normalized spacial score (nSPS) is 10.1. The molecule has 0 bridgehead atoms. The number of esters is 1. The van der Waals surface area contributed by atoms with Crippen LogP contribution >= 0.6 is 11.6 Å². The van der Waals surface area contributed by atoms with Crippen LogP contribution in [0.15, 0.2) is 42.7 Å². The van der Waals surface area contributed by atoms with Crippen molar-refractivity contribution in [1.29, 1.82) is 0 Å². The molecule has 20 heavy (non-hydrogen) atoms. The molecule has 0 amide bonds. The molecule has 0 spiro atoms. The average Bonchev–Trinajstić information content (AvgIpc) is 2.41. The van der Waals surface area contributed by atoms with Gasteiger partial charge in [0.2, 0.25) is 0 Å². The highest BCUT2D eigenvalue weighted by molar-refractivity contribution is 6.33. The van der Waals surface area contributed by atoms with Crippen LogP contribution in [-0.4, -0.2) is 16.7 Å². The minimum atomic E-state index is -0.427. The number of aromatic nitrogens is 1. The number of Topliss-reactive ketones (excluding diaryl/α,β-unsaturated/α-hetero) is 1. The molecule has 5 heteroatoms. The van der Waals surface area contributed by atoms with E-state index in [1.165, 1.54) is 19.3 Å². The fourth-order valence-electron chi connectivity index (χ4n) is 1.76. The van der Waals surface area contributed by atoms with Gasteiger partial charge in [-0.05, 0) is 12.1 Å². The van der Waals surface area contributed by atoms with Gasteiger partial charge in [0, 0.05) is 31.3 Å². The summed E-state index contributed by atoms with van der Waals surface area (Å²) in [5.41, 5.74) is 0.986. The lowest BCUT2D eigenvalue weighted by Crippen LogP contribution is -2.09. The predicted molar refractivity (Wildman–Crippen MR) is 75.0 cm³/mol. The van der Waals surface area contributed by atoms with Crippen LogP contribution in [0.4, 0.5) is 0 Å². The van der Waals surface area contributed by atoms with Gasteiger partial charge in [-0.1, -0.05) is 29.8 Å². The van der Waals surface area contributed by atoms with Gasteiger partial charge in [0.05, 0.1) is 10.6 Å². The van der Waals surface area contributed by atoms with E-state index in [9.17, 15) is 9.59 Å². The summed E-state index contributed by atoms with van der Waals surface area (Å²) in [5, 5.41) is 0.356. The Morgan fingerprint density at radius 3 is 2.70 bits per heavy atom. The fraction of sp³-hybridized carbons (Fsp3) is 0.133. The van der Waals surface area contributed by atoms with Gasteiger partial charge in [0.15, 0.2) is 5.78 Å². The SMILES string of the molecule is CC(=O)Oc1ccccc1CC(=O)c1cnccc1Cl. The molecule has 0 atom stereocenters. The molecule has 2 rings (SSSR count). The number of pyridine rings is 1. The molecule has 102 valence electrons. The second kappa shape index (κ2) is 6.30. The topological polar surface area (TPSA) is 56.3 Å². The molecular formula is C15H12ClNO3. The lowest BCUT2D eigenvalue weighted by Gasteiger charge is -2.08. The van der Waals surface area contributed by atoms with Crippen molar-refractivity contribution in [3.05, 3.63) is 58.9 Å². The first-order valence-electron chi connectivity index (χ1n) is 5.97. The molecule has 2 aromatic rings. The first-order chi connectivity index (χ1) is 9.58. The maximum absolute atomic E-state index is 12.2. The number of para-hydroxylation sites is 1. The summed E-state index contributed by atoms with van der Waals surface area (Å²) in [6.07, 6.45) is 3.04. The van der Waals surface area contributed by atoms with Gasteiger partial charge in [-0.2, -0.15) is 0 Å². The zero-order valence-electron chi connectivity index (χ0n) is 10.8. The third kappa shape index (κ3) is 3.42. The number of hydrogen-bond donors (Lipinski definition) is 0. The van der Waals surface area contributed by atoms with Crippen LogP contribution in [-0.2, 0) is 11.2 Å². The van der Waals surface area contributed by atoms with Crippen LogP contribution < -0.4 is 4.74 Å². The van der Waals surface area contributed by atoms with Crippen molar-refractivity contribution in [2.75, 3.05) is 0 Å². The van der Waals surface area contributed by atoms with Gasteiger partial charge in [-0.25, -0.2) is 0 Å². The predicted octanol–water partition coefficient (Wildman–Crippen LogP) is 3.09. The van der Waals surface area contributed by atoms with Gasteiger partial charge in [-0.3, -0.25) is 14.6 Å². The van der Waals surface area contributed by atoms with Crippen molar-refractivity contribution in [1.82, 2.24) is 4.98 Å². The summed E-state index contributed by atoms with van der Waals surface area (Å²) >= 11 is 5.96. The molecule has 1 heterocycles. The lowest BCUT2D eigenvalue weighted by atomic mass is 10.0. The molecule has 0 aliphatic rings. The van der Waals surface area contributed by atoms with Gasteiger partial charge >= 0.3 is 5.97 Å². The van der Waals surface area contributed by atoms with E-state index in [2.05, 4.69) is 4.98 Å². The average molecular weight is 290 g/mol. The van der Waals surface area contributed by atoms with E-state index in [4.69, 9.17) is 16.3 Å². The van der Waals surface area contributed by atoms with Gasteiger partial charge in [0.1, 0.15) is 5.75 Å².